The monoisotopic (exact) mass is 518 g/mol. The third-order valence-corrected chi connectivity index (χ3v) is 3.33. The van der Waals surface area contributed by atoms with Gasteiger partial charge in [0, 0.05) is 17.6 Å². The van der Waals surface area contributed by atoms with Crippen LogP contribution in [0.3, 0.4) is 0 Å². The Morgan fingerprint density at radius 3 is 2.14 bits per heavy atom. The van der Waals surface area contributed by atoms with Crippen LogP contribution >= 0.6 is 24.0 Å². The Labute approximate surface area is 188 Å². The molecule has 0 aliphatic heterocycles. The minimum atomic E-state index is -0.598. The van der Waals surface area contributed by atoms with Gasteiger partial charge < -0.3 is 27.0 Å². The van der Waals surface area contributed by atoms with Crippen molar-refractivity contribution < 1.29 is 14.4 Å². The summed E-state index contributed by atoms with van der Waals surface area (Å²) in [6, 6.07) is 6.85. The van der Waals surface area contributed by atoms with E-state index in [1.165, 1.54) is 0 Å². The van der Waals surface area contributed by atoms with Crippen molar-refractivity contribution in [3.8, 4) is 0 Å². The first-order valence-electron chi connectivity index (χ1n) is 9.09. The lowest BCUT2D eigenvalue weighted by Crippen LogP contribution is -2.48. The molecule has 0 radical (unpaired) electrons. The summed E-state index contributed by atoms with van der Waals surface area (Å²) in [6.45, 7) is 8.64. The third-order valence-electron chi connectivity index (χ3n) is 3.33. The Hall–Kier alpha value is -2.37. The highest BCUT2D eigenvalue weighted by Gasteiger charge is 2.13. The number of nitrogens with two attached hydrogens (primary N) is 1. The largest absolute Gasteiger partial charge is 0.368 e. The number of carbonyl (C=O) groups is 3. The van der Waals surface area contributed by atoms with Gasteiger partial charge in [-0.1, -0.05) is 12.1 Å². The quantitative estimate of drug-likeness (QED) is 0.194. The lowest BCUT2D eigenvalue weighted by molar-refractivity contribution is -0.121. The van der Waals surface area contributed by atoms with Gasteiger partial charge in [0.25, 0.3) is 5.91 Å². The van der Waals surface area contributed by atoms with Crippen LogP contribution in [-0.2, 0) is 16.1 Å². The molecule has 0 atom stereocenters. The highest BCUT2D eigenvalue weighted by atomic mass is 127. The second-order valence-electron chi connectivity index (χ2n) is 7.19. The van der Waals surface area contributed by atoms with Crippen molar-refractivity contribution >= 4 is 47.7 Å². The van der Waals surface area contributed by atoms with Crippen LogP contribution in [0.1, 0.15) is 43.6 Å². The summed E-state index contributed by atoms with van der Waals surface area (Å²) < 4.78 is 0. The summed E-state index contributed by atoms with van der Waals surface area (Å²) in [5.74, 6) is -0.563. The predicted octanol–water partition coefficient (Wildman–Crippen LogP) is 0.490. The molecule has 29 heavy (non-hydrogen) atoms. The van der Waals surface area contributed by atoms with E-state index in [4.69, 9.17) is 5.73 Å². The normalized spacial score (nSPS) is 11.1. The minimum Gasteiger partial charge on any atom is -0.368 e. The molecule has 0 bridgehead atoms. The molecular formula is C19H31IN6O3. The molecule has 0 saturated heterocycles. The van der Waals surface area contributed by atoms with Gasteiger partial charge in [-0.15, -0.1) is 24.0 Å². The second-order valence-corrected chi connectivity index (χ2v) is 7.19. The molecule has 0 aliphatic rings. The van der Waals surface area contributed by atoms with Crippen LogP contribution in [0.4, 0.5) is 0 Å². The smallest absolute Gasteiger partial charge is 0.251 e. The number of hydrogen-bond acceptors (Lipinski definition) is 4. The molecule has 0 aliphatic carbocycles. The summed E-state index contributed by atoms with van der Waals surface area (Å²) in [5, 5.41) is 11.4. The first-order chi connectivity index (χ1) is 13.1. The minimum absolute atomic E-state index is 0. The molecule has 9 nitrogen and oxygen atoms in total. The summed E-state index contributed by atoms with van der Waals surface area (Å²) in [4.78, 5) is 38.9. The molecule has 0 spiro atoms. The van der Waals surface area contributed by atoms with E-state index in [0.717, 1.165) is 5.56 Å². The number of benzene rings is 1. The molecule has 6 N–H and O–H groups in total. The van der Waals surface area contributed by atoms with Crippen molar-refractivity contribution in [1.29, 1.82) is 0 Å². The van der Waals surface area contributed by atoms with E-state index < -0.39 is 5.91 Å². The zero-order chi connectivity index (χ0) is 21.2. The van der Waals surface area contributed by atoms with Gasteiger partial charge in [0.05, 0.1) is 19.6 Å². The maximum atomic E-state index is 11.9. The number of halogens is 1. The fourth-order valence-electron chi connectivity index (χ4n) is 2.17. The first kappa shape index (κ1) is 26.6. The van der Waals surface area contributed by atoms with Crippen molar-refractivity contribution in [1.82, 2.24) is 21.3 Å². The zero-order valence-electron chi connectivity index (χ0n) is 17.3. The molecule has 0 fully saturated rings. The van der Waals surface area contributed by atoms with E-state index in [-0.39, 0.29) is 54.4 Å². The van der Waals surface area contributed by atoms with Gasteiger partial charge in [0.15, 0.2) is 5.96 Å². The van der Waals surface area contributed by atoms with Crippen LogP contribution in [0, 0.1) is 0 Å². The molecular weight excluding hydrogens is 487 g/mol. The highest BCUT2D eigenvalue weighted by molar-refractivity contribution is 14.0. The Balaban J connectivity index is 0.00000784. The number of hydrogen-bond donors (Lipinski definition) is 5. The Kier molecular flexibility index (Phi) is 11.9. The van der Waals surface area contributed by atoms with Gasteiger partial charge in [-0.3, -0.25) is 14.4 Å². The fraction of sp³-hybridized carbons (Fsp3) is 0.474. The topological polar surface area (TPSA) is 138 Å². The van der Waals surface area contributed by atoms with E-state index in [2.05, 4.69) is 26.3 Å². The number of amides is 3. The van der Waals surface area contributed by atoms with Gasteiger partial charge in [-0.25, -0.2) is 4.99 Å². The van der Waals surface area contributed by atoms with Gasteiger partial charge in [-0.2, -0.15) is 0 Å². The Morgan fingerprint density at radius 1 is 1.00 bits per heavy atom. The van der Waals surface area contributed by atoms with Crippen molar-refractivity contribution in [2.24, 2.45) is 10.7 Å². The Bertz CT molecular complexity index is 714. The standard InChI is InChI=1S/C19H30N6O3.HI/c1-5-21-18(24-12-16(27)25-19(2,3)4)23-10-13-6-8-14(9-7-13)17(28)22-11-15(20)26;/h6-9H,5,10-12H2,1-4H3,(H2,20,26)(H,22,28)(H,25,27)(H2,21,23,24);1H. The average Bonchev–Trinajstić information content (AvgIpc) is 2.61. The maximum Gasteiger partial charge on any atom is 0.251 e. The van der Waals surface area contributed by atoms with Gasteiger partial charge in [-0.05, 0) is 45.4 Å². The van der Waals surface area contributed by atoms with Gasteiger partial charge in [0.2, 0.25) is 11.8 Å². The van der Waals surface area contributed by atoms with Crippen molar-refractivity contribution in [2.75, 3.05) is 19.6 Å². The molecule has 10 heteroatoms. The van der Waals surface area contributed by atoms with Crippen LogP contribution in [0.15, 0.2) is 29.3 Å². The highest BCUT2D eigenvalue weighted by Crippen LogP contribution is 2.06. The number of primary amides is 1. The molecule has 0 heterocycles. The van der Waals surface area contributed by atoms with Crippen LogP contribution in [0.5, 0.6) is 0 Å². The summed E-state index contributed by atoms with van der Waals surface area (Å²) in [6.07, 6.45) is 0. The first-order valence-corrected chi connectivity index (χ1v) is 9.09. The molecule has 0 unspecified atom stereocenters. The third kappa shape index (κ3) is 11.9. The van der Waals surface area contributed by atoms with E-state index >= 15 is 0 Å². The number of nitrogens with one attached hydrogen (secondary N) is 4. The summed E-state index contributed by atoms with van der Waals surface area (Å²) >= 11 is 0. The molecule has 0 aromatic heterocycles. The van der Waals surface area contributed by atoms with Crippen molar-refractivity contribution in [3.05, 3.63) is 35.4 Å². The number of guanidine groups is 1. The van der Waals surface area contributed by atoms with E-state index in [1.807, 2.05) is 27.7 Å². The molecule has 0 saturated carbocycles. The molecule has 1 rings (SSSR count). The molecule has 1 aromatic rings. The molecule has 3 amide bonds. The van der Waals surface area contributed by atoms with Crippen LogP contribution in [0.25, 0.3) is 0 Å². The van der Waals surface area contributed by atoms with Crippen LogP contribution < -0.4 is 27.0 Å². The molecule has 162 valence electrons. The van der Waals surface area contributed by atoms with E-state index in [9.17, 15) is 14.4 Å². The number of nitrogens with zero attached hydrogens (tertiary/aromatic N) is 1. The van der Waals surface area contributed by atoms with Gasteiger partial charge in [0.1, 0.15) is 0 Å². The van der Waals surface area contributed by atoms with Gasteiger partial charge >= 0.3 is 0 Å². The van der Waals surface area contributed by atoms with Crippen LogP contribution in [-0.4, -0.2) is 48.9 Å². The lowest BCUT2D eigenvalue weighted by atomic mass is 10.1. The SMILES string of the molecule is CCNC(=NCc1ccc(C(=O)NCC(N)=O)cc1)NCC(=O)NC(C)(C)C.I. The zero-order valence-corrected chi connectivity index (χ0v) is 19.6. The number of rotatable bonds is 8. The number of aliphatic imine (C=N–C) groups is 1. The fourth-order valence-corrected chi connectivity index (χ4v) is 2.17. The maximum absolute atomic E-state index is 11.9. The molecule has 1 aromatic carbocycles. The summed E-state index contributed by atoms with van der Waals surface area (Å²) in [5.41, 5.74) is 6.03. The van der Waals surface area contributed by atoms with E-state index in [1.54, 1.807) is 24.3 Å². The predicted molar refractivity (Wildman–Crippen MR) is 124 cm³/mol. The van der Waals surface area contributed by atoms with Crippen molar-refractivity contribution in [2.45, 2.75) is 39.8 Å². The number of carbonyl (C=O) groups excluding carboxylic acids is 3. The Morgan fingerprint density at radius 2 is 1.62 bits per heavy atom. The van der Waals surface area contributed by atoms with Crippen LogP contribution in [0.2, 0.25) is 0 Å². The lowest BCUT2D eigenvalue weighted by Gasteiger charge is -2.21. The second kappa shape index (κ2) is 13.0. The van der Waals surface area contributed by atoms with E-state index in [0.29, 0.717) is 24.6 Å². The average molecular weight is 518 g/mol. The summed E-state index contributed by atoms with van der Waals surface area (Å²) in [7, 11) is 0. The van der Waals surface area contributed by atoms with Crippen molar-refractivity contribution in [3.63, 3.8) is 0 Å².